The van der Waals surface area contributed by atoms with E-state index in [2.05, 4.69) is 38.6 Å². The quantitative estimate of drug-likeness (QED) is 0.487. The summed E-state index contributed by atoms with van der Waals surface area (Å²) >= 11 is 0. The maximum atomic E-state index is 12.7. The number of fused-ring (bicyclic) bond motifs is 3. The van der Waals surface area contributed by atoms with Crippen molar-refractivity contribution in [1.29, 1.82) is 0 Å². The van der Waals surface area contributed by atoms with Crippen molar-refractivity contribution in [1.82, 2.24) is 24.1 Å². The number of rotatable bonds is 6. The summed E-state index contributed by atoms with van der Waals surface area (Å²) in [4.78, 5) is 15.1. The first-order valence-corrected chi connectivity index (χ1v) is 11.1. The largest absolute Gasteiger partial charge is 0.396 e. The standard InChI is InChI=1S/C24H28N6O2/c1-28-23(32)19-7-3-5-9-21(19)30-22(26-27-24(28)30)14-25-20-8-4-2-6-18(20)15-29-12-10-17(16-31)11-13-29/h2-9,17,25,31H,10-16H2,1H3. The molecule has 4 aromatic rings. The molecular formula is C24H28N6O2. The number of likely N-dealkylation sites (tertiary alicyclic amines) is 1. The Hall–Kier alpha value is -3.23. The number of para-hydroxylation sites is 2. The molecule has 0 amide bonds. The van der Waals surface area contributed by atoms with Gasteiger partial charge < -0.3 is 10.4 Å². The molecule has 0 saturated carbocycles. The Morgan fingerprint density at radius 3 is 2.62 bits per heavy atom. The van der Waals surface area contributed by atoms with Crippen LogP contribution in [0.15, 0.2) is 53.3 Å². The number of hydrogen-bond acceptors (Lipinski definition) is 6. The first kappa shape index (κ1) is 20.7. The van der Waals surface area contributed by atoms with Crippen molar-refractivity contribution in [2.24, 2.45) is 13.0 Å². The number of nitrogens with zero attached hydrogens (tertiary/aromatic N) is 5. The lowest BCUT2D eigenvalue weighted by molar-refractivity contribution is 0.127. The molecule has 8 heteroatoms. The molecule has 1 aliphatic rings. The van der Waals surface area contributed by atoms with Crippen LogP contribution in [0.5, 0.6) is 0 Å². The Bertz CT molecular complexity index is 1300. The van der Waals surface area contributed by atoms with Gasteiger partial charge in [-0.15, -0.1) is 10.2 Å². The molecule has 5 rings (SSSR count). The van der Waals surface area contributed by atoms with E-state index in [9.17, 15) is 9.90 Å². The number of anilines is 1. The van der Waals surface area contributed by atoms with E-state index in [0.29, 0.717) is 30.2 Å². The van der Waals surface area contributed by atoms with Gasteiger partial charge in [0.15, 0.2) is 5.82 Å². The summed E-state index contributed by atoms with van der Waals surface area (Å²) in [6, 6.07) is 15.9. The average molecular weight is 433 g/mol. The highest BCUT2D eigenvalue weighted by molar-refractivity contribution is 5.80. The monoisotopic (exact) mass is 432 g/mol. The highest BCUT2D eigenvalue weighted by atomic mass is 16.3. The molecule has 0 bridgehead atoms. The molecule has 1 aliphatic heterocycles. The van der Waals surface area contributed by atoms with E-state index in [1.807, 2.05) is 34.7 Å². The first-order valence-electron chi connectivity index (χ1n) is 11.1. The van der Waals surface area contributed by atoms with Crippen LogP contribution in [0.25, 0.3) is 16.7 Å². The molecule has 2 aromatic heterocycles. The SMILES string of the molecule is Cn1c(=O)c2ccccc2n2c(CNc3ccccc3CN3CCC(CO)CC3)nnc12. The second-order valence-corrected chi connectivity index (χ2v) is 8.55. The fraction of sp³-hybridized carbons (Fsp3) is 0.375. The van der Waals surface area contributed by atoms with Gasteiger partial charge in [-0.25, -0.2) is 0 Å². The molecule has 1 saturated heterocycles. The molecular weight excluding hydrogens is 404 g/mol. The van der Waals surface area contributed by atoms with Crippen molar-refractivity contribution in [3.8, 4) is 0 Å². The van der Waals surface area contributed by atoms with Crippen molar-refractivity contribution in [3.05, 3.63) is 70.3 Å². The second kappa shape index (κ2) is 8.72. The van der Waals surface area contributed by atoms with Crippen LogP contribution in [0.3, 0.4) is 0 Å². The molecule has 2 aromatic carbocycles. The predicted molar refractivity (Wildman–Crippen MR) is 125 cm³/mol. The Morgan fingerprint density at radius 1 is 1.06 bits per heavy atom. The summed E-state index contributed by atoms with van der Waals surface area (Å²) < 4.78 is 3.49. The molecule has 166 valence electrons. The fourth-order valence-corrected chi connectivity index (χ4v) is 4.58. The number of nitrogens with one attached hydrogen (secondary N) is 1. The summed E-state index contributed by atoms with van der Waals surface area (Å²) in [6.45, 7) is 3.67. The Labute approximate surface area is 186 Å². The zero-order valence-corrected chi connectivity index (χ0v) is 18.2. The van der Waals surface area contributed by atoms with E-state index in [4.69, 9.17) is 0 Å². The smallest absolute Gasteiger partial charge is 0.262 e. The molecule has 2 N–H and O–H groups in total. The summed E-state index contributed by atoms with van der Waals surface area (Å²) in [5.74, 6) is 1.72. The van der Waals surface area contributed by atoms with Crippen LogP contribution in [-0.2, 0) is 20.1 Å². The van der Waals surface area contributed by atoms with Crippen molar-refractivity contribution >= 4 is 22.4 Å². The molecule has 0 radical (unpaired) electrons. The molecule has 8 nitrogen and oxygen atoms in total. The minimum Gasteiger partial charge on any atom is -0.396 e. The fourth-order valence-electron chi connectivity index (χ4n) is 4.58. The number of hydrogen-bond donors (Lipinski definition) is 2. The van der Waals surface area contributed by atoms with Gasteiger partial charge in [-0.3, -0.25) is 18.7 Å². The lowest BCUT2D eigenvalue weighted by atomic mass is 9.97. The molecule has 1 fully saturated rings. The predicted octanol–water partition coefficient (Wildman–Crippen LogP) is 2.40. The number of aromatic nitrogens is 4. The van der Waals surface area contributed by atoms with Gasteiger partial charge in [-0.2, -0.15) is 0 Å². The summed E-state index contributed by atoms with van der Waals surface area (Å²) in [5.41, 5.74) is 3.05. The molecule has 3 heterocycles. The van der Waals surface area contributed by atoms with E-state index in [1.165, 1.54) is 5.56 Å². The molecule has 0 aliphatic carbocycles. The zero-order chi connectivity index (χ0) is 22.1. The minimum absolute atomic E-state index is 0.0738. The highest BCUT2D eigenvalue weighted by Gasteiger charge is 2.19. The van der Waals surface area contributed by atoms with E-state index in [1.54, 1.807) is 11.6 Å². The van der Waals surface area contributed by atoms with Gasteiger partial charge in [0.25, 0.3) is 5.56 Å². The van der Waals surface area contributed by atoms with E-state index >= 15 is 0 Å². The zero-order valence-electron chi connectivity index (χ0n) is 18.2. The number of aliphatic hydroxyl groups is 1. The normalized spacial score (nSPS) is 15.6. The maximum Gasteiger partial charge on any atom is 0.262 e. The third-order valence-electron chi connectivity index (χ3n) is 6.51. The van der Waals surface area contributed by atoms with Crippen molar-refractivity contribution in [2.75, 3.05) is 25.0 Å². The van der Waals surface area contributed by atoms with Crippen LogP contribution in [0, 0.1) is 5.92 Å². The summed E-state index contributed by atoms with van der Waals surface area (Å²) in [7, 11) is 1.73. The summed E-state index contributed by atoms with van der Waals surface area (Å²) in [6.07, 6.45) is 2.09. The molecule has 0 atom stereocenters. The van der Waals surface area contributed by atoms with Crippen LogP contribution in [0.4, 0.5) is 5.69 Å². The number of aryl methyl sites for hydroxylation is 1. The van der Waals surface area contributed by atoms with Gasteiger partial charge in [0.05, 0.1) is 17.4 Å². The first-order chi connectivity index (χ1) is 15.7. The Balaban J connectivity index is 1.40. The third kappa shape index (κ3) is 3.76. The van der Waals surface area contributed by atoms with Gasteiger partial charge in [0.2, 0.25) is 5.78 Å². The maximum absolute atomic E-state index is 12.7. The highest BCUT2D eigenvalue weighted by Crippen LogP contribution is 2.23. The second-order valence-electron chi connectivity index (χ2n) is 8.55. The molecule has 0 unspecified atom stereocenters. The number of benzene rings is 2. The number of piperidine rings is 1. The number of aliphatic hydroxyl groups excluding tert-OH is 1. The Kier molecular flexibility index (Phi) is 5.63. The van der Waals surface area contributed by atoms with Crippen LogP contribution < -0.4 is 10.9 Å². The van der Waals surface area contributed by atoms with Crippen LogP contribution >= 0.6 is 0 Å². The van der Waals surface area contributed by atoms with E-state index < -0.39 is 0 Å². The van der Waals surface area contributed by atoms with Crippen molar-refractivity contribution in [2.45, 2.75) is 25.9 Å². The van der Waals surface area contributed by atoms with Crippen LogP contribution in [-0.4, -0.2) is 48.9 Å². The van der Waals surface area contributed by atoms with Crippen molar-refractivity contribution < 1.29 is 5.11 Å². The van der Waals surface area contributed by atoms with E-state index in [0.717, 1.165) is 49.5 Å². The van der Waals surface area contributed by atoms with E-state index in [-0.39, 0.29) is 5.56 Å². The van der Waals surface area contributed by atoms with Gasteiger partial charge in [0, 0.05) is 25.9 Å². The van der Waals surface area contributed by atoms with Gasteiger partial charge in [0.1, 0.15) is 0 Å². The summed E-state index contributed by atoms with van der Waals surface area (Å²) in [5, 5.41) is 22.2. The van der Waals surface area contributed by atoms with Gasteiger partial charge >= 0.3 is 0 Å². The average Bonchev–Trinajstić information content (AvgIpc) is 3.27. The van der Waals surface area contributed by atoms with Crippen LogP contribution in [0.2, 0.25) is 0 Å². The third-order valence-corrected chi connectivity index (χ3v) is 6.51. The lowest BCUT2D eigenvalue weighted by Gasteiger charge is -2.31. The van der Waals surface area contributed by atoms with Gasteiger partial charge in [-0.05, 0) is 55.6 Å². The van der Waals surface area contributed by atoms with Crippen molar-refractivity contribution in [3.63, 3.8) is 0 Å². The minimum atomic E-state index is -0.0738. The Morgan fingerprint density at radius 2 is 1.81 bits per heavy atom. The lowest BCUT2D eigenvalue weighted by Crippen LogP contribution is -2.34. The molecule has 0 spiro atoms. The topological polar surface area (TPSA) is 87.7 Å². The molecule has 32 heavy (non-hydrogen) atoms. The van der Waals surface area contributed by atoms with Gasteiger partial charge in [-0.1, -0.05) is 30.3 Å². The van der Waals surface area contributed by atoms with Crippen LogP contribution in [0.1, 0.15) is 24.2 Å².